The van der Waals surface area contributed by atoms with E-state index in [-0.39, 0.29) is 5.91 Å². The van der Waals surface area contributed by atoms with Gasteiger partial charge in [-0.1, -0.05) is 11.6 Å². The minimum Gasteiger partial charge on any atom is -0.481 e. The Morgan fingerprint density at radius 1 is 1.45 bits per heavy atom. The molecule has 0 aliphatic heterocycles. The van der Waals surface area contributed by atoms with Crippen LogP contribution in [0.4, 0.5) is 5.13 Å². The molecule has 4 nitrogen and oxygen atoms in total. The molecular formula is C14H15ClN2O2S. The number of anilines is 1. The van der Waals surface area contributed by atoms with Crippen LogP contribution < -0.4 is 10.1 Å². The maximum Gasteiger partial charge on any atom is 0.266 e. The molecule has 1 atom stereocenters. The molecule has 0 radical (unpaired) electrons. The molecule has 0 aliphatic carbocycles. The van der Waals surface area contributed by atoms with Crippen LogP contribution in [-0.2, 0) is 4.79 Å². The second-order valence-electron chi connectivity index (χ2n) is 4.44. The number of amides is 1. The number of hydrogen-bond acceptors (Lipinski definition) is 4. The molecule has 1 aromatic carbocycles. The normalized spacial score (nSPS) is 12.0. The zero-order valence-electron chi connectivity index (χ0n) is 11.4. The Morgan fingerprint density at radius 2 is 2.20 bits per heavy atom. The highest BCUT2D eigenvalue weighted by atomic mass is 35.5. The molecule has 0 bridgehead atoms. The van der Waals surface area contributed by atoms with Crippen LogP contribution >= 0.6 is 22.9 Å². The first-order valence-electron chi connectivity index (χ1n) is 6.12. The van der Waals surface area contributed by atoms with E-state index in [9.17, 15) is 4.79 Å². The number of nitrogens with one attached hydrogen (secondary N) is 1. The van der Waals surface area contributed by atoms with Crippen LogP contribution in [0, 0.1) is 13.8 Å². The minimum absolute atomic E-state index is 0.228. The molecule has 0 spiro atoms. The van der Waals surface area contributed by atoms with Crippen molar-refractivity contribution >= 4 is 34.0 Å². The topological polar surface area (TPSA) is 51.2 Å². The van der Waals surface area contributed by atoms with E-state index in [1.165, 1.54) is 11.3 Å². The van der Waals surface area contributed by atoms with Crippen molar-refractivity contribution in [3.05, 3.63) is 39.9 Å². The van der Waals surface area contributed by atoms with Crippen LogP contribution in [-0.4, -0.2) is 17.0 Å². The first-order valence-corrected chi connectivity index (χ1v) is 7.31. The lowest BCUT2D eigenvalue weighted by molar-refractivity contribution is -0.122. The summed E-state index contributed by atoms with van der Waals surface area (Å²) < 4.78 is 5.65. The highest BCUT2D eigenvalue weighted by Crippen LogP contribution is 2.23. The molecule has 2 aromatic rings. The summed E-state index contributed by atoms with van der Waals surface area (Å²) in [6.45, 7) is 5.52. The van der Waals surface area contributed by atoms with Crippen LogP contribution in [0.15, 0.2) is 24.4 Å². The molecule has 0 saturated heterocycles. The van der Waals surface area contributed by atoms with Crippen LogP contribution in [0.3, 0.4) is 0 Å². The van der Waals surface area contributed by atoms with Gasteiger partial charge in [0.25, 0.3) is 5.91 Å². The van der Waals surface area contributed by atoms with Gasteiger partial charge in [-0.2, -0.15) is 0 Å². The van der Waals surface area contributed by atoms with Gasteiger partial charge in [-0.25, -0.2) is 4.98 Å². The molecule has 0 aliphatic rings. The molecule has 1 N–H and O–H groups in total. The molecule has 106 valence electrons. The predicted molar refractivity (Wildman–Crippen MR) is 81.8 cm³/mol. The smallest absolute Gasteiger partial charge is 0.266 e. The number of carbonyl (C=O) groups excluding carboxylic acids is 1. The number of ether oxygens (including phenoxy) is 1. The molecule has 2 rings (SSSR count). The number of aryl methyl sites for hydroxylation is 2. The van der Waals surface area contributed by atoms with Crippen LogP contribution in [0.5, 0.6) is 5.75 Å². The second kappa shape index (κ2) is 6.24. The van der Waals surface area contributed by atoms with E-state index in [0.29, 0.717) is 15.9 Å². The summed E-state index contributed by atoms with van der Waals surface area (Å²) in [5.41, 5.74) is 0.891. The molecular weight excluding hydrogens is 296 g/mol. The summed E-state index contributed by atoms with van der Waals surface area (Å²) in [6.07, 6.45) is 1.11. The van der Waals surface area contributed by atoms with Gasteiger partial charge in [-0.3, -0.25) is 10.1 Å². The summed E-state index contributed by atoms with van der Waals surface area (Å²) in [7, 11) is 0. The van der Waals surface area contributed by atoms with Gasteiger partial charge in [0.1, 0.15) is 5.75 Å². The van der Waals surface area contributed by atoms with Crippen molar-refractivity contribution in [2.45, 2.75) is 26.9 Å². The zero-order chi connectivity index (χ0) is 14.7. The Balaban J connectivity index is 2.00. The second-order valence-corrected chi connectivity index (χ2v) is 6.11. The standard InChI is InChI=1S/C14H15ClN2O2S/c1-8-6-11(15)4-5-12(8)19-10(3)13(18)17-14-16-7-9(2)20-14/h4-7,10H,1-3H3,(H,16,17,18)/t10-/m1/s1. The van der Waals surface area contributed by atoms with E-state index in [1.807, 2.05) is 13.8 Å². The highest BCUT2D eigenvalue weighted by molar-refractivity contribution is 7.15. The van der Waals surface area contributed by atoms with E-state index in [2.05, 4.69) is 10.3 Å². The lowest BCUT2D eigenvalue weighted by Crippen LogP contribution is -2.30. The van der Waals surface area contributed by atoms with Crippen LogP contribution in [0.25, 0.3) is 0 Å². The highest BCUT2D eigenvalue weighted by Gasteiger charge is 2.17. The Labute approximate surface area is 126 Å². The van der Waals surface area contributed by atoms with Crippen molar-refractivity contribution in [3.63, 3.8) is 0 Å². The fourth-order valence-corrected chi connectivity index (χ4v) is 2.50. The van der Waals surface area contributed by atoms with Gasteiger partial charge < -0.3 is 4.74 Å². The Bertz CT molecular complexity index is 627. The number of benzene rings is 1. The number of nitrogens with zero attached hydrogens (tertiary/aromatic N) is 1. The lowest BCUT2D eigenvalue weighted by atomic mass is 10.2. The summed E-state index contributed by atoms with van der Waals surface area (Å²) in [6, 6.07) is 5.29. The van der Waals surface area contributed by atoms with E-state index >= 15 is 0 Å². The number of halogens is 1. The van der Waals surface area contributed by atoms with Gasteiger partial charge in [0, 0.05) is 16.1 Å². The van der Waals surface area contributed by atoms with Gasteiger partial charge in [0.2, 0.25) is 0 Å². The molecule has 1 amide bonds. The SMILES string of the molecule is Cc1cnc(NC(=O)[C@@H](C)Oc2ccc(Cl)cc2C)s1. The first kappa shape index (κ1) is 14.8. The monoisotopic (exact) mass is 310 g/mol. The van der Waals surface area contributed by atoms with Crippen molar-refractivity contribution in [2.24, 2.45) is 0 Å². The van der Waals surface area contributed by atoms with Crippen molar-refractivity contribution in [1.82, 2.24) is 4.98 Å². The largest absolute Gasteiger partial charge is 0.481 e. The van der Waals surface area contributed by atoms with Gasteiger partial charge >= 0.3 is 0 Å². The minimum atomic E-state index is -0.612. The Hall–Kier alpha value is -1.59. The van der Waals surface area contributed by atoms with Crippen molar-refractivity contribution in [3.8, 4) is 5.75 Å². The third kappa shape index (κ3) is 3.71. The van der Waals surface area contributed by atoms with E-state index in [4.69, 9.17) is 16.3 Å². The fraction of sp³-hybridized carbons (Fsp3) is 0.286. The Morgan fingerprint density at radius 3 is 2.80 bits per heavy atom. The number of rotatable bonds is 4. The maximum absolute atomic E-state index is 12.0. The average Bonchev–Trinajstić information content (AvgIpc) is 2.78. The molecule has 0 fully saturated rings. The zero-order valence-corrected chi connectivity index (χ0v) is 13.0. The van der Waals surface area contributed by atoms with Gasteiger partial charge in [-0.05, 0) is 44.5 Å². The van der Waals surface area contributed by atoms with Gasteiger partial charge in [-0.15, -0.1) is 11.3 Å². The fourth-order valence-electron chi connectivity index (χ4n) is 1.61. The number of carbonyl (C=O) groups is 1. The lowest BCUT2D eigenvalue weighted by Gasteiger charge is -2.15. The van der Waals surface area contributed by atoms with Crippen LogP contribution in [0.1, 0.15) is 17.4 Å². The molecule has 1 heterocycles. The Kier molecular flexibility index (Phi) is 4.62. The third-order valence-corrected chi connectivity index (χ3v) is 3.72. The number of hydrogen-bond donors (Lipinski definition) is 1. The molecule has 1 aromatic heterocycles. The average molecular weight is 311 g/mol. The maximum atomic E-state index is 12.0. The number of thiazole rings is 1. The van der Waals surface area contributed by atoms with Gasteiger partial charge in [0.05, 0.1) is 0 Å². The molecule has 20 heavy (non-hydrogen) atoms. The predicted octanol–water partition coefficient (Wildman–Crippen LogP) is 3.82. The molecule has 0 unspecified atom stereocenters. The summed E-state index contributed by atoms with van der Waals surface area (Å²) in [4.78, 5) is 17.1. The van der Waals surface area contributed by atoms with Crippen molar-refractivity contribution < 1.29 is 9.53 Å². The first-order chi connectivity index (χ1) is 9.45. The van der Waals surface area contributed by atoms with Crippen molar-refractivity contribution in [2.75, 3.05) is 5.32 Å². The van der Waals surface area contributed by atoms with Crippen LogP contribution in [0.2, 0.25) is 5.02 Å². The summed E-state index contributed by atoms with van der Waals surface area (Å²) >= 11 is 7.31. The van der Waals surface area contributed by atoms with E-state index in [1.54, 1.807) is 31.3 Å². The third-order valence-electron chi connectivity index (χ3n) is 2.66. The number of aromatic nitrogens is 1. The summed E-state index contributed by atoms with van der Waals surface area (Å²) in [5, 5.41) is 3.95. The molecule has 0 saturated carbocycles. The van der Waals surface area contributed by atoms with Crippen molar-refractivity contribution in [1.29, 1.82) is 0 Å². The van der Waals surface area contributed by atoms with E-state index in [0.717, 1.165) is 10.4 Å². The van der Waals surface area contributed by atoms with Gasteiger partial charge in [0.15, 0.2) is 11.2 Å². The summed E-state index contributed by atoms with van der Waals surface area (Å²) in [5.74, 6) is 0.418. The molecule has 6 heteroatoms. The quantitative estimate of drug-likeness (QED) is 0.934. The van der Waals surface area contributed by atoms with E-state index < -0.39 is 6.10 Å².